The van der Waals surface area contributed by atoms with Crippen molar-refractivity contribution < 1.29 is 5.11 Å². The molecule has 1 aromatic carbocycles. The first-order chi connectivity index (χ1) is 9.40. The molecule has 3 rings (SSSR count). The van der Waals surface area contributed by atoms with Crippen molar-refractivity contribution in [3.63, 3.8) is 0 Å². The highest BCUT2D eigenvalue weighted by Gasteiger charge is 2.59. The van der Waals surface area contributed by atoms with Crippen LogP contribution in [0.3, 0.4) is 0 Å². The van der Waals surface area contributed by atoms with Crippen LogP contribution in [0.5, 0.6) is 0 Å². The molecule has 1 aromatic rings. The summed E-state index contributed by atoms with van der Waals surface area (Å²) in [7, 11) is 0. The van der Waals surface area contributed by atoms with E-state index in [1.54, 1.807) is 0 Å². The van der Waals surface area contributed by atoms with E-state index in [-0.39, 0.29) is 5.41 Å². The van der Waals surface area contributed by atoms with Crippen LogP contribution in [-0.2, 0) is 5.60 Å². The Labute approximate surface area is 122 Å². The van der Waals surface area contributed by atoms with Gasteiger partial charge in [-0.3, -0.25) is 0 Å². The van der Waals surface area contributed by atoms with Gasteiger partial charge in [-0.15, -0.1) is 0 Å². The highest BCUT2D eigenvalue weighted by atomic mass is 16.3. The molecule has 0 spiro atoms. The summed E-state index contributed by atoms with van der Waals surface area (Å²) >= 11 is 0. The molecule has 110 valence electrons. The summed E-state index contributed by atoms with van der Waals surface area (Å²) in [5.41, 5.74) is 8.81. The molecule has 2 aliphatic carbocycles. The van der Waals surface area contributed by atoms with Gasteiger partial charge in [-0.05, 0) is 68.6 Å². The van der Waals surface area contributed by atoms with Gasteiger partial charge in [-0.2, -0.15) is 0 Å². The molecular weight excluding hydrogens is 246 g/mol. The molecule has 0 radical (unpaired) electrons. The van der Waals surface area contributed by atoms with E-state index in [9.17, 15) is 5.11 Å². The zero-order valence-electron chi connectivity index (χ0n) is 12.9. The van der Waals surface area contributed by atoms with Gasteiger partial charge in [-0.25, -0.2) is 0 Å². The summed E-state index contributed by atoms with van der Waals surface area (Å²) in [6, 6.07) is 6.36. The molecule has 0 amide bonds. The number of aliphatic hydroxyl groups is 1. The fraction of sp³-hybridized carbons (Fsp3) is 0.667. The van der Waals surface area contributed by atoms with E-state index in [0.717, 1.165) is 17.9 Å². The first-order valence-electron chi connectivity index (χ1n) is 7.91. The van der Waals surface area contributed by atoms with Gasteiger partial charge in [0.05, 0.1) is 5.60 Å². The Bertz CT molecular complexity index is 522. The highest BCUT2D eigenvalue weighted by molar-refractivity contribution is 5.35. The summed E-state index contributed by atoms with van der Waals surface area (Å²) in [5.74, 6) is 1.37. The van der Waals surface area contributed by atoms with Crippen molar-refractivity contribution in [3.8, 4) is 0 Å². The quantitative estimate of drug-likeness (QED) is 0.888. The number of aryl methyl sites for hydroxylation is 2. The van der Waals surface area contributed by atoms with Gasteiger partial charge < -0.3 is 10.8 Å². The van der Waals surface area contributed by atoms with Crippen LogP contribution in [0.25, 0.3) is 0 Å². The third-order valence-corrected chi connectivity index (χ3v) is 6.38. The molecule has 0 aromatic heterocycles. The Hall–Kier alpha value is -0.860. The van der Waals surface area contributed by atoms with Gasteiger partial charge >= 0.3 is 0 Å². The smallest absolute Gasteiger partial charge is 0.0939 e. The van der Waals surface area contributed by atoms with Crippen LogP contribution in [0, 0.1) is 31.1 Å². The molecule has 2 bridgehead atoms. The molecular formula is C18H27NO. The third kappa shape index (κ3) is 1.78. The van der Waals surface area contributed by atoms with E-state index in [1.165, 1.54) is 30.4 Å². The third-order valence-electron chi connectivity index (χ3n) is 6.38. The fourth-order valence-corrected chi connectivity index (χ4v) is 4.82. The Balaban J connectivity index is 2.03. The minimum absolute atomic E-state index is 0.127. The maximum absolute atomic E-state index is 11.4. The summed E-state index contributed by atoms with van der Waals surface area (Å²) in [5, 5.41) is 11.4. The summed E-state index contributed by atoms with van der Waals surface area (Å²) in [4.78, 5) is 0. The van der Waals surface area contributed by atoms with Crippen LogP contribution in [-0.4, -0.2) is 11.7 Å². The number of benzene rings is 1. The van der Waals surface area contributed by atoms with Crippen molar-refractivity contribution in [3.05, 3.63) is 34.9 Å². The molecule has 2 saturated carbocycles. The normalized spacial score (nSPS) is 35.2. The number of nitrogens with two attached hydrogens (primary N) is 1. The SMILES string of the molecule is Cc1ccc(C(C)(O)C2(CN)CC3CCC2C3)cc1C. The van der Waals surface area contributed by atoms with Gasteiger partial charge in [-0.1, -0.05) is 24.6 Å². The zero-order valence-corrected chi connectivity index (χ0v) is 12.9. The van der Waals surface area contributed by atoms with Crippen molar-refractivity contribution in [2.45, 2.75) is 52.1 Å². The van der Waals surface area contributed by atoms with Gasteiger partial charge in [0.15, 0.2) is 0 Å². The van der Waals surface area contributed by atoms with Crippen LogP contribution in [0.1, 0.15) is 49.3 Å². The maximum Gasteiger partial charge on any atom is 0.0939 e. The van der Waals surface area contributed by atoms with E-state index in [2.05, 4.69) is 32.0 Å². The van der Waals surface area contributed by atoms with Crippen LogP contribution >= 0.6 is 0 Å². The van der Waals surface area contributed by atoms with E-state index in [4.69, 9.17) is 5.73 Å². The molecule has 2 heteroatoms. The maximum atomic E-state index is 11.4. The highest BCUT2D eigenvalue weighted by Crippen LogP contribution is 2.62. The molecule has 0 saturated heterocycles. The largest absolute Gasteiger partial charge is 0.385 e. The lowest BCUT2D eigenvalue weighted by molar-refractivity contribution is -0.103. The van der Waals surface area contributed by atoms with Gasteiger partial charge in [0.2, 0.25) is 0 Å². The predicted molar refractivity (Wildman–Crippen MR) is 82.4 cm³/mol. The first-order valence-corrected chi connectivity index (χ1v) is 7.91. The average molecular weight is 273 g/mol. The molecule has 20 heavy (non-hydrogen) atoms. The molecule has 2 aliphatic rings. The minimum atomic E-state index is -0.819. The monoisotopic (exact) mass is 273 g/mol. The van der Waals surface area contributed by atoms with Crippen molar-refractivity contribution in [1.29, 1.82) is 0 Å². The Morgan fingerprint density at radius 3 is 2.55 bits per heavy atom. The lowest BCUT2D eigenvalue weighted by Gasteiger charge is -2.48. The molecule has 3 N–H and O–H groups in total. The Morgan fingerprint density at radius 2 is 2.05 bits per heavy atom. The average Bonchev–Trinajstić information content (AvgIpc) is 3.02. The van der Waals surface area contributed by atoms with Gasteiger partial charge in [0.25, 0.3) is 0 Å². The molecule has 2 nitrogen and oxygen atoms in total. The lowest BCUT2D eigenvalue weighted by Crippen LogP contribution is -2.52. The first kappa shape index (κ1) is 14.1. The number of hydrogen-bond donors (Lipinski definition) is 2. The van der Waals surface area contributed by atoms with Crippen LogP contribution < -0.4 is 5.73 Å². The van der Waals surface area contributed by atoms with Gasteiger partial charge in [0.1, 0.15) is 0 Å². The summed E-state index contributed by atoms with van der Waals surface area (Å²) in [6.45, 7) is 6.81. The van der Waals surface area contributed by atoms with E-state index >= 15 is 0 Å². The molecule has 2 fully saturated rings. The lowest BCUT2D eigenvalue weighted by atomic mass is 9.60. The molecule has 4 unspecified atom stereocenters. The Morgan fingerprint density at radius 1 is 1.30 bits per heavy atom. The van der Waals surface area contributed by atoms with Crippen molar-refractivity contribution in [2.75, 3.05) is 6.54 Å². The van der Waals surface area contributed by atoms with E-state index in [1.807, 2.05) is 6.92 Å². The van der Waals surface area contributed by atoms with Gasteiger partial charge in [0, 0.05) is 12.0 Å². The summed E-state index contributed by atoms with van der Waals surface area (Å²) < 4.78 is 0. The summed E-state index contributed by atoms with van der Waals surface area (Å²) in [6.07, 6.45) is 4.92. The number of hydrogen-bond acceptors (Lipinski definition) is 2. The van der Waals surface area contributed by atoms with E-state index in [0.29, 0.717) is 12.5 Å². The fourth-order valence-electron chi connectivity index (χ4n) is 4.82. The minimum Gasteiger partial charge on any atom is -0.385 e. The Kier molecular flexibility index (Phi) is 3.22. The predicted octanol–water partition coefficient (Wildman–Crippen LogP) is 3.28. The van der Waals surface area contributed by atoms with Crippen LogP contribution in [0.4, 0.5) is 0 Å². The van der Waals surface area contributed by atoms with Crippen molar-refractivity contribution in [1.82, 2.24) is 0 Å². The molecule has 0 heterocycles. The van der Waals surface area contributed by atoms with Crippen molar-refractivity contribution in [2.24, 2.45) is 23.0 Å². The van der Waals surface area contributed by atoms with E-state index < -0.39 is 5.60 Å². The number of rotatable bonds is 3. The topological polar surface area (TPSA) is 46.2 Å². The molecule has 4 atom stereocenters. The molecule has 0 aliphatic heterocycles. The second kappa shape index (κ2) is 4.57. The van der Waals surface area contributed by atoms with Crippen LogP contribution in [0.2, 0.25) is 0 Å². The second-order valence-electron chi connectivity index (χ2n) is 7.31. The standard InChI is InChI=1S/C18H27NO/c1-12-4-6-15(8-13(12)2)17(3,20)18(11-19)10-14-5-7-16(18)9-14/h4,6,8,14,16,20H,5,7,9-11,19H2,1-3H3. The second-order valence-corrected chi connectivity index (χ2v) is 7.31. The zero-order chi connectivity index (χ0) is 14.5. The number of fused-ring (bicyclic) bond motifs is 2. The van der Waals surface area contributed by atoms with Crippen molar-refractivity contribution >= 4 is 0 Å². The van der Waals surface area contributed by atoms with Crippen LogP contribution in [0.15, 0.2) is 18.2 Å².